The highest BCUT2D eigenvalue weighted by Crippen LogP contribution is 2.45. The zero-order chi connectivity index (χ0) is 20.5. The van der Waals surface area contributed by atoms with E-state index in [9.17, 15) is 10.2 Å². The van der Waals surface area contributed by atoms with Crippen LogP contribution in [-0.2, 0) is 10.2 Å². The van der Waals surface area contributed by atoms with Crippen molar-refractivity contribution in [3.8, 4) is 5.75 Å². The lowest BCUT2D eigenvalue weighted by atomic mass is 9.66. The summed E-state index contributed by atoms with van der Waals surface area (Å²) in [6.45, 7) is 11.0. The minimum absolute atomic E-state index is 0.0155. The van der Waals surface area contributed by atoms with Crippen molar-refractivity contribution in [1.82, 2.24) is 0 Å². The molecule has 0 amide bonds. The van der Waals surface area contributed by atoms with Gasteiger partial charge in [-0.3, -0.25) is 0 Å². The van der Waals surface area contributed by atoms with Crippen LogP contribution in [0.1, 0.15) is 72.3 Å². The van der Waals surface area contributed by atoms with Gasteiger partial charge in [0.2, 0.25) is 0 Å². The molecular formula is C24H38O4. The van der Waals surface area contributed by atoms with Gasteiger partial charge in [-0.25, -0.2) is 0 Å². The van der Waals surface area contributed by atoms with Crippen LogP contribution in [0.5, 0.6) is 5.75 Å². The summed E-state index contributed by atoms with van der Waals surface area (Å²) in [5, 5.41) is 21.1. The van der Waals surface area contributed by atoms with Crippen molar-refractivity contribution >= 4 is 0 Å². The molecule has 28 heavy (non-hydrogen) atoms. The second-order valence-electron chi connectivity index (χ2n) is 10.2. The summed E-state index contributed by atoms with van der Waals surface area (Å²) in [5.41, 5.74) is 1.35. The summed E-state index contributed by atoms with van der Waals surface area (Å²) < 4.78 is 11.7. The molecule has 3 rings (SSSR count). The number of hydrogen-bond donors (Lipinski definition) is 2. The van der Waals surface area contributed by atoms with E-state index in [1.807, 2.05) is 12.1 Å². The van der Waals surface area contributed by atoms with Crippen molar-refractivity contribution < 1.29 is 19.7 Å². The zero-order valence-corrected chi connectivity index (χ0v) is 18.1. The van der Waals surface area contributed by atoms with Crippen molar-refractivity contribution in [2.75, 3.05) is 6.61 Å². The van der Waals surface area contributed by atoms with Crippen LogP contribution in [-0.4, -0.2) is 28.9 Å². The fourth-order valence-corrected chi connectivity index (χ4v) is 4.96. The van der Waals surface area contributed by atoms with Crippen LogP contribution < -0.4 is 4.74 Å². The third kappa shape index (κ3) is 5.08. The minimum atomic E-state index is -1.02. The topological polar surface area (TPSA) is 58.9 Å². The molecule has 2 aliphatic rings. The normalized spacial score (nSPS) is 33.5. The zero-order valence-electron chi connectivity index (χ0n) is 18.1. The van der Waals surface area contributed by atoms with Crippen molar-refractivity contribution in [1.29, 1.82) is 0 Å². The minimum Gasteiger partial charge on any atom is -0.465 e. The van der Waals surface area contributed by atoms with Crippen molar-refractivity contribution in [2.45, 2.75) is 84.2 Å². The van der Waals surface area contributed by atoms with Gasteiger partial charge in [0.25, 0.3) is 0 Å². The summed E-state index contributed by atoms with van der Waals surface area (Å²) in [6, 6.07) is 8.05. The molecule has 158 valence electrons. The Morgan fingerprint density at radius 1 is 1.14 bits per heavy atom. The van der Waals surface area contributed by atoms with Gasteiger partial charge in [-0.05, 0) is 60.6 Å². The van der Waals surface area contributed by atoms with E-state index in [0.717, 1.165) is 12.8 Å². The summed E-state index contributed by atoms with van der Waals surface area (Å²) in [5.74, 6) is 0.986. The van der Waals surface area contributed by atoms with E-state index in [1.165, 1.54) is 18.4 Å². The first kappa shape index (κ1) is 21.6. The summed E-state index contributed by atoms with van der Waals surface area (Å²) in [4.78, 5) is 0. The highest BCUT2D eigenvalue weighted by atomic mass is 16.6. The average molecular weight is 391 g/mol. The molecule has 1 aliphatic heterocycles. The van der Waals surface area contributed by atoms with Crippen molar-refractivity contribution in [2.24, 2.45) is 23.7 Å². The Bertz CT molecular complexity index is 631. The molecule has 1 saturated carbocycles. The van der Waals surface area contributed by atoms with Gasteiger partial charge < -0.3 is 19.7 Å². The molecule has 1 aliphatic carbocycles. The number of aliphatic hydroxyl groups excluding tert-OH is 1. The van der Waals surface area contributed by atoms with Crippen LogP contribution in [0, 0.1) is 23.7 Å². The van der Waals surface area contributed by atoms with Gasteiger partial charge in [0.1, 0.15) is 5.75 Å². The number of benzene rings is 1. The SMILES string of the molecule is C[C@@H](C(O)Oc1ccc(C(C)(C)C)cc1)C1CCCC2CC[C@@](C)(O)OCC21. The maximum Gasteiger partial charge on any atom is 0.200 e. The first-order valence-electron chi connectivity index (χ1n) is 10.9. The summed E-state index contributed by atoms with van der Waals surface area (Å²) in [6.07, 6.45) is 4.29. The number of hydrogen-bond acceptors (Lipinski definition) is 4. The fraction of sp³-hybridized carbons (Fsp3) is 0.750. The predicted molar refractivity (Wildman–Crippen MR) is 111 cm³/mol. The van der Waals surface area contributed by atoms with Gasteiger partial charge in [-0.15, -0.1) is 0 Å². The van der Waals surface area contributed by atoms with E-state index in [1.54, 1.807) is 6.92 Å². The van der Waals surface area contributed by atoms with Crippen LogP contribution in [0.2, 0.25) is 0 Å². The first-order chi connectivity index (χ1) is 13.1. The Hall–Kier alpha value is -1.10. The van der Waals surface area contributed by atoms with E-state index >= 15 is 0 Å². The molecule has 2 fully saturated rings. The Kier molecular flexibility index (Phi) is 6.43. The van der Waals surface area contributed by atoms with Crippen LogP contribution in [0.4, 0.5) is 0 Å². The molecule has 4 nitrogen and oxygen atoms in total. The lowest BCUT2D eigenvalue weighted by Gasteiger charge is -2.41. The third-order valence-electron chi connectivity index (χ3n) is 6.94. The molecule has 1 saturated heterocycles. The molecule has 1 aromatic rings. The largest absolute Gasteiger partial charge is 0.465 e. The van der Waals surface area contributed by atoms with E-state index in [0.29, 0.717) is 36.5 Å². The first-order valence-corrected chi connectivity index (χ1v) is 10.9. The lowest BCUT2D eigenvalue weighted by Crippen LogP contribution is -2.40. The standard InChI is InChI=1S/C24H38O4/c1-16(22(25)28-19-11-9-18(10-12-19)23(2,3)4)20-8-6-7-17-13-14-24(5,26)27-15-21(17)20/h9-12,16-17,20-22,25-26H,6-8,13-15H2,1-5H3/t16-,17?,20?,21?,22?,24+/m1/s1. The molecule has 2 N–H and O–H groups in total. The molecule has 0 bridgehead atoms. The Balaban J connectivity index is 1.65. The van der Waals surface area contributed by atoms with Gasteiger partial charge >= 0.3 is 0 Å². The van der Waals surface area contributed by atoms with Crippen molar-refractivity contribution in [3.63, 3.8) is 0 Å². The van der Waals surface area contributed by atoms with Gasteiger partial charge in [-0.2, -0.15) is 0 Å². The molecule has 1 aromatic carbocycles. The second-order valence-corrected chi connectivity index (χ2v) is 10.2. The predicted octanol–water partition coefficient (Wildman–Crippen LogP) is 4.87. The Morgan fingerprint density at radius 2 is 1.82 bits per heavy atom. The van der Waals surface area contributed by atoms with E-state index in [4.69, 9.17) is 9.47 Å². The smallest absolute Gasteiger partial charge is 0.200 e. The number of fused-ring (bicyclic) bond motifs is 1. The van der Waals surface area contributed by atoms with E-state index < -0.39 is 12.1 Å². The fourth-order valence-electron chi connectivity index (χ4n) is 4.96. The van der Waals surface area contributed by atoms with Crippen LogP contribution in [0.15, 0.2) is 24.3 Å². The van der Waals surface area contributed by atoms with Gasteiger partial charge in [0.05, 0.1) is 6.61 Å². The molecule has 6 atom stereocenters. The highest BCUT2D eigenvalue weighted by molar-refractivity contribution is 5.31. The Labute approximate surface area is 170 Å². The van der Waals surface area contributed by atoms with E-state index in [2.05, 4.69) is 39.8 Å². The maximum atomic E-state index is 10.8. The van der Waals surface area contributed by atoms with Gasteiger partial charge in [-0.1, -0.05) is 52.7 Å². The van der Waals surface area contributed by atoms with Crippen LogP contribution in [0.3, 0.4) is 0 Å². The molecule has 0 aromatic heterocycles. The monoisotopic (exact) mass is 390 g/mol. The molecule has 1 heterocycles. The number of aliphatic hydroxyl groups is 2. The van der Waals surface area contributed by atoms with Gasteiger partial charge in [0.15, 0.2) is 12.1 Å². The Morgan fingerprint density at radius 3 is 2.46 bits per heavy atom. The molecular weight excluding hydrogens is 352 g/mol. The van der Waals surface area contributed by atoms with Crippen LogP contribution >= 0.6 is 0 Å². The molecule has 0 radical (unpaired) electrons. The third-order valence-corrected chi connectivity index (χ3v) is 6.94. The molecule has 4 heteroatoms. The number of ether oxygens (including phenoxy) is 2. The van der Waals surface area contributed by atoms with E-state index in [-0.39, 0.29) is 11.3 Å². The average Bonchev–Trinajstić information content (AvgIpc) is 2.79. The lowest BCUT2D eigenvalue weighted by molar-refractivity contribution is -0.198. The quantitative estimate of drug-likeness (QED) is 0.720. The second kappa shape index (κ2) is 8.33. The van der Waals surface area contributed by atoms with Crippen molar-refractivity contribution in [3.05, 3.63) is 29.8 Å². The summed E-state index contributed by atoms with van der Waals surface area (Å²) >= 11 is 0. The molecule has 0 spiro atoms. The van der Waals surface area contributed by atoms with Gasteiger partial charge in [0, 0.05) is 12.3 Å². The maximum absolute atomic E-state index is 10.8. The summed E-state index contributed by atoms with van der Waals surface area (Å²) in [7, 11) is 0. The highest BCUT2D eigenvalue weighted by Gasteiger charge is 2.42. The number of rotatable bonds is 4. The molecule has 4 unspecified atom stereocenters. The van der Waals surface area contributed by atoms with Crippen LogP contribution in [0.25, 0.3) is 0 Å².